The molecule has 1 heterocycles. The number of hydrogen-bond acceptors (Lipinski definition) is 6. The number of anilines is 3. The van der Waals surface area contributed by atoms with E-state index in [1.165, 1.54) is 29.2 Å². The number of nitrogens with one attached hydrogen (secondary N) is 2. The summed E-state index contributed by atoms with van der Waals surface area (Å²) in [5.41, 5.74) is 3.36. The predicted molar refractivity (Wildman–Crippen MR) is 119 cm³/mol. The lowest BCUT2D eigenvalue weighted by atomic mass is 9.98. The van der Waals surface area contributed by atoms with Crippen LogP contribution in [0.1, 0.15) is 37.8 Å². The molecule has 1 amide bonds. The summed E-state index contributed by atoms with van der Waals surface area (Å²) in [6.07, 6.45) is 0. The Labute approximate surface area is 178 Å². The lowest BCUT2D eigenvalue weighted by Gasteiger charge is -2.18. The van der Waals surface area contributed by atoms with Gasteiger partial charge >= 0.3 is 0 Å². The molecule has 1 unspecified atom stereocenters. The van der Waals surface area contributed by atoms with Gasteiger partial charge in [-0.15, -0.1) is 10.2 Å². The summed E-state index contributed by atoms with van der Waals surface area (Å²) in [5, 5.41) is 14.2. The molecule has 1 aromatic heterocycles. The minimum absolute atomic E-state index is 0.0926. The zero-order valence-electron chi connectivity index (χ0n) is 16.7. The number of benzene rings is 2. The molecular weight excluding hydrogens is 407 g/mol. The maximum Gasteiger partial charge on any atom is 0.237 e. The van der Waals surface area contributed by atoms with E-state index < -0.39 is 0 Å². The van der Waals surface area contributed by atoms with Gasteiger partial charge in [-0.3, -0.25) is 4.79 Å². The number of carbonyl (C=O) groups excluding carboxylic acids is 1. The van der Waals surface area contributed by atoms with E-state index in [0.29, 0.717) is 21.1 Å². The Morgan fingerprint density at radius 1 is 1.10 bits per heavy atom. The second-order valence-corrected chi connectivity index (χ2v) is 9.49. The van der Waals surface area contributed by atoms with Crippen molar-refractivity contribution >= 4 is 45.5 Å². The molecule has 0 bridgehead atoms. The number of para-hydroxylation sites is 2. The van der Waals surface area contributed by atoms with Crippen LogP contribution >= 0.6 is 23.1 Å². The molecule has 8 heteroatoms. The average molecular weight is 431 g/mol. The topological polar surface area (TPSA) is 66.9 Å². The van der Waals surface area contributed by atoms with Gasteiger partial charge in [0.15, 0.2) is 4.34 Å². The highest BCUT2D eigenvalue weighted by Crippen LogP contribution is 2.32. The molecule has 0 aliphatic carbocycles. The third-order valence-electron chi connectivity index (χ3n) is 4.34. The number of rotatable bonds is 7. The lowest BCUT2D eigenvalue weighted by Crippen LogP contribution is -2.23. The molecule has 0 aliphatic heterocycles. The highest BCUT2D eigenvalue weighted by molar-refractivity contribution is 8.02. The molecule has 5 nitrogen and oxygen atoms in total. The molecule has 2 aromatic carbocycles. The first-order valence-electron chi connectivity index (χ1n) is 9.27. The van der Waals surface area contributed by atoms with Crippen LogP contribution in [0, 0.1) is 12.7 Å². The molecular formula is C21H23FN4OS2. The maximum absolute atomic E-state index is 13.8. The number of amides is 1. The molecule has 0 saturated heterocycles. The molecule has 29 heavy (non-hydrogen) atoms. The summed E-state index contributed by atoms with van der Waals surface area (Å²) in [6.45, 7) is 8.03. The molecule has 0 saturated carbocycles. The van der Waals surface area contributed by atoms with Crippen molar-refractivity contribution in [1.29, 1.82) is 0 Å². The van der Waals surface area contributed by atoms with Crippen molar-refractivity contribution in [1.82, 2.24) is 10.2 Å². The first kappa shape index (κ1) is 21.3. The van der Waals surface area contributed by atoms with Crippen LogP contribution in [0.25, 0.3) is 0 Å². The number of halogens is 1. The summed E-state index contributed by atoms with van der Waals surface area (Å²) < 4.78 is 14.4. The van der Waals surface area contributed by atoms with E-state index in [1.807, 2.05) is 32.0 Å². The Balaban J connectivity index is 1.65. The van der Waals surface area contributed by atoms with Gasteiger partial charge in [0.25, 0.3) is 0 Å². The zero-order valence-corrected chi connectivity index (χ0v) is 18.3. The third-order valence-corrected chi connectivity index (χ3v) is 6.37. The van der Waals surface area contributed by atoms with Gasteiger partial charge in [0.05, 0.1) is 10.9 Å². The predicted octanol–water partition coefficient (Wildman–Crippen LogP) is 5.97. The fourth-order valence-electron chi connectivity index (χ4n) is 2.76. The molecule has 0 spiro atoms. The molecule has 0 aliphatic rings. The SMILES string of the molecule is Cc1cccc(C(C)C)c1NC(=O)C(C)Sc1nnc(Nc2ccccc2F)s1. The van der Waals surface area contributed by atoms with Gasteiger partial charge in [0.1, 0.15) is 5.82 Å². The van der Waals surface area contributed by atoms with Crippen molar-refractivity contribution in [2.45, 2.75) is 43.2 Å². The van der Waals surface area contributed by atoms with Crippen molar-refractivity contribution in [3.8, 4) is 0 Å². The van der Waals surface area contributed by atoms with Crippen LogP contribution in [-0.4, -0.2) is 21.4 Å². The van der Waals surface area contributed by atoms with Crippen LogP contribution in [0.15, 0.2) is 46.8 Å². The van der Waals surface area contributed by atoms with Gasteiger partial charge in [-0.1, -0.05) is 67.3 Å². The van der Waals surface area contributed by atoms with Crippen LogP contribution in [0.3, 0.4) is 0 Å². The Morgan fingerprint density at radius 3 is 2.59 bits per heavy atom. The van der Waals surface area contributed by atoms with Crippen molar-refractivity contribution < 1.29 is 9.18 Å². The first-order chi connectivity index (χ1) is 13.8. The summed E-state index contributed by atoms with van der Waals surface area (Å²) >= 11 is 2.61. The van der Waals surface area contributed by atoms with Crippen LogP contribution in [0.4, 0.5) is 20.9 Å². The number of hydrogen-bond donors (Lipinski definition) is 2. The minimum atomic E-state index is -0.358. The van der Waals surface area contributed by atoms with Gasteiger partial charge in [-0.2, -0.15) is 0 Å². The monoisotopic (exact) mass is 430 g/mol. The highest BCUT2D eigenvalue weighted by atomic mass is 32.2. The van der Waals surface area contributed by atoms with E-state index in [1.54, 1.807) is 18.2 Å². The van der Waals surface area contributed by atoms with E-state index in [2.05, 4.69) is 34.7 Å². The van der Waals surface area contributed by atoms with Crippen LogP contribution < -0.4 is 10.6 Å². The Kier molecular flexibility index (Phi) is 6.87. The Hall–Kier alpha value is -2.45. The number of nitrogens with zero attached hydrogens (tertiary/aromatic N) is 2. The maximum atomic E-state index is 13.8. The van der Waals surface area contributed by atoms with Crippen molar-refractivity contribution in [2.75, 3.05) is 10.6 Å². The smallest absolute Gasteiger partial charge is 0.237 e. The van der Waals surface area contributed by atoms with Crippen LogP contribution in [0.5, 0.6) is 0 Å². The average Bonchev–Trinajstić information content (AvgIpc) is 3.11. The van der Waals surface area contributed by atoms with Crippen LogP contribution in [0.2, 0.25) is 0 Å². The fourth-order valence-corrected chi connectivity index (χ4v) is 4.67. The van der Waals surface area contributed by atoms with Crippen molar-refractivity contribution in [2.24, 2.45) is 0 Å². The first-order valence-corrected chi connectivity index (χ1v) is 11.0. The highest BCUT2D eigenvalue weighted by Gasteiger charge is 2.20. The zero-order chi connectivity index (χ0) is 21.0. The number of thioether (sulfide) groups is 1. The standard InChI is InChI=1S/C21H23FN4OS2/c1-12(2)15-9-7-8-13(3)18(15)24-19(27)14(4)28-21-26-25-20(29-21)23-17-11-6-5-10-16(17)22/h5-12,14H,1-4H3,(H,23,25)(H,24,27). The normalized spacial score (nSPS) is 12.1. The number of carbonyl (C=O) groups is 1. The summed E-state index contributed by atoms with van der Waals surface area (Å²) in [4.78, 5) is 12.7. The molecule has 152 valence electrons. The molecule has 2 N–H and O–H groups in total. The second kappa shape index (κ2) is 9.37. The van der Waals surface area contributed by atoms with E-state index in [4.69, 9.17) is 0 Å². The van der Waals surface area contributed by atoms with Crippen LogP contribution in [-0.2, 0) is 4.79 Å². The fraction of sp³-hybridized carbons (Fsp3) is 0.286. The second-order valence-electron chi connectivity index (χ2n) is 6.92. The largest absolute Gasteiger partial charge is 0.328 e. The van der Waals surface area contributed by atoms with Gasteiger partial charge in [0.2, 0.25) is 11.0 Å². The number of aryl methyl sites for hydroxylation is 1. The number of aromatic nitrogens is 2. The molecule has 0 fully saturated rings. The summed E-state index contributed by atoms with van der Waals surface area (Å²) in [7, 11) is 0. The molecule has 3 rings (SSSR count). The summed E-state index contributed by atoms with van der Waals surface area (Å²) in [5.74, 6) is -0.141. The van der Waals surface area contributed by atoms with E-state index in [9.17, 15) is 9.18 Å². The van der Waals surface area contributed by atoms with Gasteiger partial charge in [-0.05, 0) is 43.0 Å². The van der Waals surface area contributed by atoms with E-state index >= 15 is 0 Å². The van der Waals surface area contributed by atoms with Gasteiger partial charge < -0.3 is 10.6 Å². The van der Waals surface area contributed by atoms with E-state index in [-0.39, 0.29) is 17.0 Å². The summed E-state index contributed by atoms with van der Waals surface area (Å²) in [6, 6.07) is 12.4. The van der Waals surface area contributed by atoms with Gasteiger partial charge in [0, 0.05) is 5.69 Å². The quantitative estimate of drug-likeness (QED) is 0.452. The molecule has 0 radical (unpaired) electrons. The third kappa shape index (κ3) is 5.33. The van der Waals surface area contributed by atoms with Crippen molar-refractivity contribution in [3.05, 3.63) is 59.4 Å². The molecule has 1 atom stereocenters. The van der Waals surface area contributed by atoms with Gasteiger partial charge in [-0.25, -0.2) is 4.39 Å². The minimum Gasteiger partial charge on any atom is -0.328 e. The Morgan fingerprint density at radius 2 is 1.86 bits per heavy atom. The van der Waals surface area contributed by atoms with Crippen molar-refractivity contribution in [3.63, 3.8) is 0 Å². The Bertz CT molecular complexity index is 1010. The molecule has 3 aromatic rings. The van der Waals surface area contributed by atoms with E-state index in [0.717, 1.165) is 16.8 Å². The lowest BCUT2D eigenvalue weighted by molar-refractivity contribution is -0.115.